The maximum atomic E-state index is 10.5. The summed E-state index contributed by atoms with van der Waals surface area (Å²) in [6.45, 7) is 1.94. The Morgan fingerprint density at radius 3 is 2.33 bits per heavy atom. The van der Waals surface area contributed by atoms with Gasteiger partial charge in [-0.05, 0) is 6.92 Å². The Hall–Kier alpha value is 0.600. The average molecular weight is 264 g/mol. The quantitative estimate of drug-likeness (QED) is 0.538. The second-order valence-electron chi connectivity index (χ2n) is 1.74. The predicted molar refractivity (Wildman–Crippen MR) is 44.6 cm³/mol. The van der Waals surface area contributed by atoms with E-state index in [1.165, 1.54) is 0 Å². The molecule has 56 valence electrons. The Balaban J connectivity index is 3.90. The van der Waals surface area contributed by atoms with E-state index in [1.807, 2.05) is 22.9 Å². The van der Waals surface area contributed by atoms with Crippen molar-refractivity contribution in [1.29, 1.82) is 0 Å². The maximum absolute atomic E-state index is 10.5. The number of halogens is 1. The Kier molecular flexibility index (Phi) is 3.94. The van der Waals surface area contributed by atoms with Crippen molar-refractivity contribution in [2.24, 2.45) is 5.14 Å². The highest BCUT2D eigenvalue weighted by atomic mass is 127. The summed E-state index contributed by atoms with van der Waals surface area (Å²) >= 11 is 1.87. The lowest BCUT2D eigenvalue weighted by Gasteiger charge is -2.04. The van der Waals surface area contributed by atoms with Gasteiger partial charge in [-0.25, -0.2) is 13.6 Å². The number of primary sulfonamides is 1. The number of hydrogen-bond acceptors (Lipinski definition) is 3. The molecule has 0 rings (SSSR count). The van der Waals surface area contributed by atoms with Crippen molar-refractivity contribution in [2.45, 2.75) is 12.2 Å². The summed E-state index contributed by atoms with van der Waals surface area (Å²) < 4.78 is 23.6. The molecule has 0 aliphatic carbocycles. The van der Waals surface area contributed by atoms with Gasteiger partial charge in [-0.15, -0.1) is 0 Å². The first-order valence-corrected chi connectivity index (χ1v) is 5.02. The first kappa shape index (κ1) is 9.60. The van der Waals surface area contributed by atoms with Gasteiger partial charge in [-0.2, -0.15) is 0 Å². The number of nitrogens with two attached hydrogens (primary N) is 1. The van der Waals surface area contributed by atoms with E-state index in [0.717, 1.165) is 0 Å². The second-order valence-corrected chi connectivity index (χ2v) is 4.48. The average Bonchev–Trinajstić information content (AvgIpc) is 1.64. The van der Waals surface area contributed by atoms with E-state index in [2.05, 4.69) is 3.53 Å². The van der Waals surface area contributed by atoms with Gasteiger partial charge in [0.15, 0.2) is 0 Å². The SMILES string of the molecule is CC(CNI)S(N)(=O)=O. The highest BCUT2D eigenvalue weighted by Crippen LogP contribution is 1.92. The van der Waals surface area contributed by atoms with E-state index in [0.29, 0.717) is 6.54 Å². The van der Waals surface area contributed by atoms with Gasteiger partial charge in [0.05, 0.1) is 5.25 Å². The van der Waals surface area contributed by atoms with E-state index < -0.39 is 15.3 Å². The van der Waals surface area contributed by atoms with Crippen LogP contribution in [0.5, 0.6) is 0 Å². The molecule has 0 aliphatic rings. The zero-order valence-corrected chi connectivity index (χ0v) is 7.94. The smallest absolute Gasteiger partial charge is 0.212 e. The van der Waals surface area contributed by atoms with E-state index in [1.54, 1.807) is 6.92 Å². The van der Waals surface area contributed by atoms with Crippen LogP contribution in [0, 0.1) is 0 Å². The van der Waals surface area contributed by atoms with Gasteiger partial charge in [-0.1, -0.05) is 0 Å². The van der Waals surface area contributed by atoms with Crippen LogP contribution in [0.2, 0.25) is 0 Å². The van der Waals surface area contributed by atoms with Gasteiger partial charge < -0.3 is 0 Å². The molecule has 9 heavy (non-hydrogen) atoms. The van der Waals surface area contributed by atoms with Gasteiger partial charge in [0, 0.05) is 29.4 Å². The second kappa shape index (κ2) is 3.69. The molecule has 0 spiro atoms. The zero-order chi connectivity index (χ0) is 7.49. The molecule has 1 atom stereocenters. The third-order valence-electron chi connectivity index (χ3n) is 0.925. The summed E-state index contributed by atoms with van der Waals surface area (Å²) in [6.07, 6.45) is 0. The molecule has 0 amide bonds. The van der Waals surface area contributed by atoms with Crippen LogP contribution in [0.1, 0.15) is 6.92 Å². The molecule has 4 nitrogen and oxygen atoms in total. The lowest BCUT2D eigenvalue weighted by molar-refractivity contribution is 0.585. The summed E-state index contributed by atoms with van der Waals surface area (Å²) in [7, 11) is -3.33. The van der Waals surface area contributed by atoms with Crippen LogP contribution < -0.4 is 8.67 Å². The summed E-state index contributed by atoms with van der Waals surface area (Å²) in [5.74, 6) is 0. The lowest BCUT2D eigenvalue weighted by atomic mass is 10.5. The van der Waals surface area contributed by atoms with E-state index in [9.17, 15) is 8.42 Å². The normalized spacial score (nSPS) is 15.4. The van der Waals surface area contributed by atoms with Crippen molar-refractivity contribution >= 4 is 32.9 Å². The molecule has 0 aromatic heterocycles. The van der Waals surface area contributed by atoms with Crippen LogP contribution in [-0.4, -0.2) is 20.2 Å². The molecule has 0 aliphatic heterocycles. The highest BCUT2D eigenvalue weighted by molar-refractivity contribution is 14.1. The summed E-state index contributed by atoms with van der Waals surface area (Å²) in [5.41, 5.74) is 0. The Morgan fingerprint density at radius 1 is 1.78 bits per heavy atom. The topological polar surface area (TPSA) is 72.2 Å². The van der Waals surface area contributed by atoms with E-state index in [4.69, 9.17) is 5.14 Å². The Labute approximate surface area is 68.7 Å². The summed E-state index contributed by atoms with van der Waals surface area (Å²) in [5, 5.41) is 4.29. The lowest BCUT2D eigenvalue weighted by Crippen LogP contribution is -2.32. The molecule has 0 heterocycles. The van der Waals surface area contributed by atoms with Crippen LogP contribution in [-0.2, 0) is 10.0 Å². The van der Waals surface area contributed by atoms with Gasteiger partial charge >= 0.3 is 0 Å². The molecule has 0 aromatic carbocycles. The molecule has 0 saturated carbocycles. The third kappa shape index (κ3) is 4.06. The minimum atomic E-state index is -3.33. The van der Waals surface area contributed by atoms with Gasteiger partial charge in [0.2, 0.25) is 10.0 Å². The molecule has 0 bridgehead atoms. The Morgan fingerprint density at radius 2 is 2.22 bits per heavy atom. The van der Waals surface area contributed by atoms with E-state index >= 15 is 0 Å². The largest absolute Gasteiger partial charge is 0.260 e. The van der Waals surface area contributed by atoms with E-state index in [-0.39, 0.29) is 0 Å². The molecular weight excluding hydrogens is 255 g/mol. The van der Waals surface area contributed by atoms with Gasteiger partial charge in [0.25, 0.3) is 0 Å². The molecule has 3 N–H and O–H groups in total. The summed E-state index contributed by atoms with van der Waals surface area (Å²) in [6, 6.07) is 0. The number of rotatable bonds is 3. The molecule has 0 radical (unpaired) electrons. The predicted octanol–water partition coefficient (Wildman–Crippen LogP) is -0.397. The van der Waals surface area contributed by atoms with Crippen LogP contribution >= 0.6 is 22.9 Å². The molecule has 0 saturated heterocycles. The molecule has 0 aromatic rings. The van der Waals surface area contributed by atoms with Crippen molar-refractivity contribution in [3.8, 4) is 0 Å². The number of sulfonamides is 1. The standard InChI is InChI=1S/C3H9IN2O2S/c1-3(2-6-4)9(5,7)8/h3,6H,2H2,1H3,(H2,5,7,8). The molecule has 0 fully saturated rings. The van der Waals surface area contributed by atoms with Crippen LogP contribution in [0.15, 0.2) is 0 Å². The number of hydrogen-bond donors (Lipinski definition) is 2. The fourth-order valence-corrected chi connectivity index (χ4v) is 1.50. The first-order chi connectivity index (χ1) is 3.98. The highest BCUT2D eigenvalue weighted by Gasteiger charge is 2.13. The third-order valence-corrected chi connectivity index (χ3v) is 2.65. The Bertz CT molecular complexity index is 167. The van der Waals surface area contributed by atoms with Crippen LogP contribution in [0.4, 0.5) is 0 Å². The molecule has 6 heteroatoms. The van der Waals surface area contributed by atoms with Crippen molar-refractivity contribution in [1.82, 2.24) is 3.53 Å². The monoisotopic (exact) mass is 264 g/mol. The fourth-order valence-electron chi connectivity index (χ4n) is 0.225. The van der Waals surface area contributed by atoms with Crippen molar-refractivity contribution in [3.05, 3.63) is 0 Å². The van der Waals surface area contributed by atoms with Gasteiger partial charge in [0.1, 0.15) is 0 Å². The first-order valence-electron chi connectivity index (χ1n) is 2.33. The van der Waals surface area contributed by atoms with Crippen molar-refractivity contribution in [3.63, 3.8) is 0 Å². The molecule has 1 unspecified atom stereocenters. The minimum absolute atomic E-state index is 0.388. The zero-order valence-electron chi connectivity index (χ0n) is 4.96. The summed E-state index contributed by atoms with van der Waals surface area (Å²) in [4.78, 5) is 0. The van der Waals surface area contributed by atoms with Crippen molar-refractivity contribution in [2.75, 3.05) is 6.54 Å². The number of nitrogens with one attached hydrogen (secondary N) is 1. The minimum Gasteiger partial charge on any atom is -0.260 e. The van der Waals surface area contributed by atoms with Crippen LogP contribution in [0.3, 0.4) is 0 Å². The van der Waals surface area contributed by atoms with Gasteiger partial charge in [-0.3, -0.25) is 3.53 Å². The fraction of sp³-hybridized carbons (Fsp3) is 1.00. The maximum Gasteiger partial charge on any atom is 0.212 e. The molecular formula is C3H9IN2O2S. The van der Waals surface area contributed by atoms with Crippen molar-refractivity contribution < 1.29 is 8.42 Å². The van der Waals surface area contributed by atoms with Crippen LogP contribution in [0.25, 0.3) is 0 Å².